The third kappa shape index (κ3) is 3.16. The van der Waals surface area contributed by atoms with Gasteiger partial charge in [0.25, 0.3) is 0 Å². The van der Waals surface area contributed by atoms with Crippen molar-refractivity contribution in [2.75, 3.05) is 6.26 Å². The van der Waals surface area contributed by atoms with Crippen LogP contribution in [0, 0.1) is 0 Å². The Kier molecular flexibility index (Phi) is 4.16. The Morgan fingerprint density at radius 1 is 1.57 bits per heavy atom. The fourth-order valence-electron chi connectivity index (χ4n) is 0.743. The number of hydrogen-bond donors (Lipinski definition) is 0. The number of carbonyl (C=O) groups is 1. The van der Waals surface area contributed by atoms with Gasteiger partial charge in [0.15, 0.2) is 10.7 Å². The van der Waals surface area contributed by atoms with E-state index in [0.717, 1.165) is 0 Å². The van der Waals surface area contributed by atoms with Gasteiger partial charge in [-0.15, -0.1) is 0 Å². The molecule has 76 valence electrons. The van der Waals surface area contributed by atoms with Gasteiger partial charge in [0.05, 0.1) is 5.56 Å². The number of rotatable bonds is 3. The fourth-order valence-corrected chi connectivity index (χ4v) is 1.14. The maximum absolute atomic E-state index is 11.3. The first kappa shape index (κ1) is 11.3. The molecule has 0 aliphatic rings. The summed E-state index contributed by atoms with van der Waals surface area (Å²) in [7, 11) is 0. The summed E-state index contributed by atoms with van der Waals surface area (Å²) in [4.78, 5) is 19.1. The summed E-state index contributed by atoms with van der Waals surface area (Å²) in [6.45, 7) is 1.57. The second-order valence-corrected chi connectivity index (χ2v) is 3.79. The largest absolute Gasteiger partial charge is 0.443 e. The molecule has 1 unspecified atom stereocenters. The summed E-state index contributed by atoms with van der Waals surface area (Å²) in [5.41, 5.74) is -0.349. The van der Waals surface area contributed by atoms with Crippen LogP contribution in [0.3, 0.4) is 0 Å². The van der Waals surface area contributed by atoms with E-state index < -0.39 is 11.5 Å². The molecule has 0 aromatic carbocycles. The molecule has 0 saturated carbocycles. The van der Waals surface area contributed by atoms with Crippen LogP contribution in [0.4, 0.5) is 0 Å². The van der Waals surface area contributed by atoms with Gasteiger partial charge in [-0.3, -0.25) is 0 Å². The maximum Gasteiger partial charge on any atom is 0.342 e. The second kappa shape index (κ2) is 5.17. The normalized spacial score (nSPS) is 12.2. The van der Waals surface area contributed by atoms with Gasteiger partial charge in [0, 0.05) is 12.4 Å². The van der Waals surface area contributed by atoms with Crippen LogP contribution < -0.4 is 0 Å². The molecule has 0 fully saturated rings. The highest BCUT2D eigenvalue weighted by Gasteiger charge is 2.10. The van der Waals surface area contributed by atoms with Crippen molar-refractivity contribution in [3.8, 4) is 0 Å². The number of ether oxygens (including phenoxy) is 1. The lowest BCUT2D eigenvalue weighted by molar-refractivity contribution is 0.0471. The molecular formula is C8H9ClN2O2S. The Bertz CT molecular complexity index is 316. The van der Waals surface area contributed by atoms with Crippen molar-refractivity contribution in [2.45, 2.75) is 17.6 Å². The second-order valence-electron chi connectivity index (χ2n) is 2.41. The lowest BCUT2D eigenvalue weighted by Crippen LogP contribution is -2.10. The first-order valence-electron chi connectivity index (χ1n) is 3.84. The number of thioether (sulfide) groups is 1. The average Bonchev–Trinajstić information content (AvgIpc) is 2.17. The van der Waals surface area contributed by atoms with E-state index in [2.05, 4.69) is 9.97 Å². The molecule has 0 aliphatic heterocycles. The number of alkyl halides is 1. The molecule has 4 nitrogen and oxygen atoms in total. The SMILES string of the molecule is CSc1ncc(C(=O)OC(C)Cl)cn1. The number of halogens is 1. The third-order valence-corrected chi connectivity index (χ3v) is 1.98. The minimum absolute atomic E-state index is 0.301. The van der Waals surface area contributed by atoms with Crippen molar-refractivity contribution in [3.63, 3.8) is 0 Å². The molecule has 1 aromatic rings. The first-order chi connectivity index (χ1) is 6.63. The van der Waals surface area contributed by atoms with Gasteiger partial charge in [0.1, 0.15) is 0 Å². The standard InChI is InChI=1S/C8H9ClN2O2S/c1-5(9)13-7(12)6-3-10-8(14-2)11-4-6/h3-5H,1-2H3. The van der Waals surface area contributed by atoms with Crippen LogP contribution in [0.5, 0.6) is 0 Å². The number of hydrogen-bond acceptors (Lipinski definition) is 5. The molecule has 0 radical (unpaired) electrons. The van der Waals surface area contributed by atoms with Crippen LogP contribution in [0.15, 0.2) is 17.6 Å². The Balaban J connectivity index is 2.71. The molecule has 1 aromatic heterocycles. The Labute approximate surface area is 91.0 Å². The van der Waals surface area contributed by atoms with Crippen LogP contribution in [0.25, 0.3) is 0 Å². The predicted molar refractivity (Wildman–Crippen MR) is 54.5 cm³/mol. The topological polar surface area (TPSA) is 52.1 Å². The lowest BCUT2D eigenvalue weighted by Gasteiger charge is -2.05. The fraction of sp³-hybridized carbons (Fsp3) is 0.375. The van der Waals surface area contributed by atoms with Crippen molar-refractivity contribution in [3.05, 3.63) is 18.0 Å². The maximum atomic E-state index is 11.3. The van der Waals surface area contributed by atoms with Crippen LogP contribution in [0.1, 0.15) is 17.3 Å². The number of nitrogens with zero attached hydrogens (tertiary/aromatic N) is 2. The minimum Gasteiger partial charge on any atom is -0.443 e. The zero-order chi connectivity index (χ0) is 10.6. The van der Waals surface area contributed by atoms with E-state index in [1.54, 1.807) is 6.92 Å². The summed E-state index contributed by atoms with van der Waals surface area (Å²) < 4.78 is 4.75. The van der Waals surface area contributed by atoms with Gasteiger partial charge in [-0.25, -0.2) is 14.8 Å². The molecule has 1 atom stereocenters. The van der Waals surface area contributed by atoms with E-state index in [9.17, 15) is 4.79 Å². The van der Waals surface area contributed by atoms with Crippen LogP contribution in [0.2, 0.25) is 0 Å². The zero-order valence-electron chi connectivity index (χ0n) is 7.73. The van der Waals surface area contributed by atoms with Crippen LogP contribution in [-0.2, 0) is 4.74 Å². The summed E-state index contributed by atoms with van der Waals surface area (Å²) in [5.74, 6) is -0.514. The number of carbonyl (C=O) groups excluding carboxylic acids is 1. The van der Waals surface area contributed by atoms with E-state index in [4.69, 9.17) is 16.3 Å². The van der Waals surface area contributed by atoms with Gasteiger partial charge < -0.3 is 4.74 Å². The van der Waals surface area contributed by atoms with Gasteiger partial charge >= 0.3 is 5.97 Å². The average molecular weight is 233 g/mol. The highest BCUT2D eigenvalue weighted by molar-refractivity contribution is 7.98. The Hall–Kier alpha value is -0.810. The van der Waals surface area contributed by atoms with E-state index in [-0.39, 0.29) is 0 Å². The molecule has 0 bridgehead atoms. The van der Waals surface area contributed by atoms with Crippen molar-refractivity contribution in [1.29, 1.82) is 0 Å². The molecule has 0 N–H and O–H groups in total. The minimum atomic E-state index is -0.650. The summed E-state index contributed by atoms with van der Waals surface area (Å²) in [5, 5.41) is 0.612. The summed E-state index contributed by atoms with van der Waals surface area (Å²) in [6, 6.07) is 0. The van der Waals surface area contributed by atoms with Crippen molar-refractivity contribution < 1.29 is 9.53 Å². The van der Waals surface area contributed by atoms with Crippen molar-refractivity contribution in [1.82, 2.24) is 9.97 Å². The Morgan fingerprint density at radius 2 is 2.14 bits per heavy atom. The van der Waals surface area contributed by atoms with E-state index in [0.29, 0.717) is 10.7 Å². The summed E-state index contributed by atoms with van der Waals surface area (Å²) >= 11 is 6.90. The van der Waals surface area contributed by atoms with E-state index in [1.165, 1.54) is 24.2 Å². The first-order valence-corrected chi connectivity index (χ1v) is 5.50. The molecule has 0 amide bonds. The van der Waals surface area contributed by atoms with E-state index in [1.807, 2.05) is 6.26 Å². The highest BCUT2D eigenvalue weighted by atomic mass is 35.5. The molecule has 0 spiro atoms. The van der Waals surface area contributed by atoms with Crippen molar-refractivity contribution in [2.24, 2.45) is 0 Å². The molecule has 1 rings (SSSR count). The molecule has 14 heavy (non-hydrogen) atoms. The van der Waals surface area contributed by atoms with Gasteiger partial charge in [-0.2, -0.15) is 0 Å². The van der Waals surface area contributed by atoms with E-state index >= 15 is 0 Å². The predicted octanol–water partition coefficient (Wildman–Crippen LogP) is 1.94. The van der Waals surface area contributed by atoms with Crippen molar-refractivity contribution >= 4 is 29.3 Å². The molecule has 6 heteroatoms. The zero-order valence-corrected chi connectivity index (χ0v) is 9.30. The number of aromatic nitrogens is 2. The molecule has 0 saturated heterocycles. The molecular weight excluding hydrogens is 224 g/mol. The smallest absolute Gasteiger partial charge is 0.342 e. The lowest BCUT2D eigenvalue weighted by atomic mass is 10.3. The highest BCUT2D eigenvalue weighted by Crippen LogP contribution is 2.09. The Morgan fingerprint density at radius 3 is 2.57 bits per heavy atom. The number of esters is 1. The third-order valence-electron chi connectivity index (χ3n) is 1.32. The monoisotopic (exact) mass is 232 g/mol. The van der Waals surface area contributed by atoms with Crippen LogP contribution in [-0.4, -0.2) is 27.8 Å². The molecule has 1 heterocycles. The van der Waals surface area contributed by atoms with Gasteiger partial charge in [-0.05, 0) is 13.2 Å². The molecule has 0 aliphatic carbocycles. The van der Waals surface area contributed by atoms with Crippen LogP contribution >= 0.6 is 23.4 Å². The van der Waals surface area contributed by atoms with Gasteiger partial charge in [0.2, 0.25) is 0 Å². The quantitative estimate of drug-likeness (QED) is 0.345. The summed E-state index contributed by atoms with van der Waals surface area (Å²) in [6.07, 6.45) is 4.69. The van der Waals surface area contributed by atoms with Gasteiger partial charge in [-0.1, -0.05) is 23.4 Å².